The maximum absolute atomic E-state index is 13.0. The van der Waals surface area contributed by atoms with Crippen molar-refractivity contribution >= 4 is 11.0 Å². The Morgan fingerprint density at radius 3 is 2.85 bits per heavy atom. The molecule has 0 fully saturated rings. The lowest BCUT2D eigenvalue weighted by Crippen LogP contribution is -2.32. The van der Waals surface area contributed by atoms with Gasteiger partial charge in [0.05, 0.1) is 11.6 Å². The van der Waals surface area contributed by atoms with E-state index in [1.807, 2.05) is 32.2 Å². The standard InChI is InChI=1S/C22H25N3O2/c1-13(2)22-23-9-16-10-25(6-5-18(16)24-22)11-17-12-27-19-8-14(3)7-15(4)20(19)21(17)26/h7-9,12-13H,5-6,10-11H2,1-4H3. The van der Waals surface area contributed by atoms with Crippen LogP contribution in [-0.4, -0.2) is 21.4 Å². The first-order chi connectivity index (χ1) is 12.9. The van der Waals surface area contributed by atoms with Crippen molar-refractivity contribution in [2.45, 2.75) is 53.1 Å². The third kappa shape index (κ3) is 3.39. The van der Waals surface area contributed by atoms with Crippen LogP contribution in [0.1, 0.15) is 53.5 Å². The fourth-order valence-electron chi connectivity index (χ4n) is 3.81. The second-order valence-corrected chi connectivity index (χ2v) is 7.86. The summed E-state index contributed by atoms with van der Waals surface area (Å²) in [7, 11) is 0. The van der Waals surface area contributed by atoms with E-state index in [-0.39, 0.29) is 5.43 Å². The zero-order valence-corrected chi connectivity index (χ0v) is 16.4. The van der Waals surface area contributed by atoms with Crippen LogP contribution < -0.4 is 5.43 Å². The van der Waals surface area contributed by atoms with Crippen molar-refractivity contribution in [1.82, 2.24) is 14.9 Å². The Morgan fingerprint density at radius 1 is 1.26 bits per heavy atom. The van der Waals surface area contributed by atoms with Crippen molar-refractivity contribution in [3.05, 3.63) is 68.6 Å². The molecule has 0 amide bonds. The summed E-state index contributed by atoms with van der Waals surface area (Å²) in [6, 6.07) is 3.96. The summed E-state index contributed by atoms with van der Waals surface area (Å²) in [5, 5.41) is 0.695. The molecule has 0 saturated carbocycles. The number of hydrogen-bond donors (Lipinski definition) is 0. The monoisotopic (exact) mass is 363 g/mol. The van der Waals surface area contributed by atoms with Crippen LogP contribution in [0.3, 0.4) is 0 Å². The van der Waals surface area contributed by atoms with Crippen molar-refractivity contribution in [3.63, 3.8) is 0 Å². The minimum atomic E-state index is 0.0750. The van der Waals surface area contributed by atoms with E-state index in [9.17, 15) is 4.79 Å². The van der Waals surface area contributed by atoms with E-state index in [0.717, 1.165) is 47.7 Å². The molecular weight excluding hydrogens is 338 g/mol. The third-order valence-electron chi connectivity index (χ3n) is 5.23. The number of hydrogen-bond acceptors (Lipinski definition) is 5. The van der Waals surface area contributed by atoms with E-state index >= 15 is 0 Å². The van der Waals surface area contributed by atoms with Crippen LogP contribution in [0, 0.1) is 13.8 Å². The molecule has 3 aromatic rings. The van der Waals surface area contributed by atoms with Crippen molar-refractivity contribution in [1.29, 1.82) is 0 Å². The van der Waals surface area contributed by atoms with E-state index in [1.165, 1.54) is 0 Å². The highest BCUT2D eigenvalue weighted by atomic mass is 16.3. The van der Waals surface area contributed by atoms with Crippen LogP contribution in [-0.2, 0) is 19.5 Å². The first kappa shape index (κ1) is 17.9. The maximum atomic E-state index is 13.0. The lowest BCUT2D eigenvalue weighted by Gasteiger charge is -2.28. The Morgan fingerprint density at radius 2 is 2.07 bits per heavy atom. The predicted octanol–water partition coefficient (Wildman–Crippen LogP) is 3.88. The molecule has 0 spiro atoms. The average Bonchev–Trinajstić information content (AvgIpc) is 2.63. The van der Waals surface area contributed by atoms with Gasteiger partial charge in [-0.25, -0.2) is 9.97 Å². The Bertz CT molecular complexity index is 1070. The predicted molar refractivity (Wildman–Crippen MR) is 106 cm³/mol. The van der Waals surface area contributed by atoms with Gasteiger partial charge in [-0.05, 0) is 31.0 Å². The fraction of sp³-hybridized carbons (Fsp3) is 0.409. The summed E-state index contributed by atoms with van der Waals surface area (Å²) in [5.41, 5.74) is 5.82. The minimum absolute atomic E-state index is 0.0750. The Balaban J connectivity index is 1.60. The Labute approximate surface area is 159 Å². The van der Waals surface area contributed by atoms with Crippen LogP contribution in [0.25, 0.3) is 11.0 Å². The molecule has 0 radical (unpaired) electrons. The molecule has 140 valence electrons. The van der Waals surface area contributed by atoms with Gasteiger partial charge in [0.15, 0.2) is 5.43 Å². The van der Waals surface area contributed by atoms with Gasteiger partial charge in [-0.2, -0.15) is 0 Å². The number of aryl methyl sites for hydroxylation is 2. The molecule has 0 N–H and O–H groups in total. The fourth-order valence-corrected chi connectivity index (χ4v) is 3.81. The smallest absolute Gasteiger partial charge is 0.197 e. The first-order valence-corrected chi connectivity index (χ1v) is 9.51. The number of rotatable bonds is 3. The summed E-state index contributed by atoms with van der Waals surface area (Å²) in [6.07, 6.45) is 4.45. The zero-order chi connectivity index (χ0) is 19.1. The van der Waals surface area contributed by atoms with Gasteiger partial charge >= 0.3 is 0 Å². The zero-order valence-electron chi connectivity index (χ0n) is 16.4. The van der Waals surface area contributed by atoms with Crippen LogP contribution in [0.15, 0.2) is 33.8 Å². The second kappa shape index (κ2) is 6.89. The molecule has 0 saturated heterocycles. The molecule has 1 aliphatic rings. The van der Waals surface area contributed by atoms with Gasteiger partial charge < -0.3 is 4.42 Å². The SMILES string of the molecule is Cc1cc(C)c2c(=O)c(CN3CCc4nc(C(C)C)ncc4C3)coc2c1. The summed E-state index contributed by atoms with van der Waals surface area (Å²) < 4.78 is 5.79. The van der Waals surface area contributed by atoms with Gasteiger partial charge in [0, 0.05) is 55.0 Å². The second-order valence-electron chi connectivity index (χ2n) is 7.86. The molecule has 2 aromatic heterocycles. The van der Waals surface area contributed by atoms with Gasteiger partial charge in [0.25, 0.3) is 0 Å². The Hall–Kier alpha value is -2.53. The quantitative estimate of drug-likeness (QED) is 0.707. The molecule has 5 nitrogen and oxygen atoms in total. The summed E-state index contributed by atoms with van der Waals surface area (Å²) >= 11 is 0. The molecule has 0 bridgehead atoms. The molecule has 1 aromatic carbocycles. The van der Waals surface area contributed by atoms with Gasteiger partial charge in [-0.15, -0.1) is 0 Å². The lowest BCUT2D eigenvalue weighted by molar-refractivity contribution is 0.240. The number of benzene rings is 1. The van der Waals surface area contributed by atoms with Gasteiger partial charge in [-0.1, -0.05) is 19.9 Å². The number of aromatic nitrogens is 2. The van der Waals surface area contributed by atoms with Gasteiger partial charge in [-0.3, -0.25) is 9.69 Å². The molecule has 1 aliphatic heterocycles. The number of nitrogens with zero attached hydrogens (tertiary/aromatic N) is 3. The van der Waals surface area contributed by atoms with Crippen LogP contribution >= 0.6 is 0 Å². The van der Waals surface area contributed by atoms with Crippen LogP contribution in [0.5, 0.6) is 0 Å². The highest BCUT2D eigenvalue weighted by molar-refractivity contribution is 5.81. The Kier molecular flexibility index (Phi) is 4.56. The third-order valence-corrected chi connectivity index (χ3v) is 5.23. The van der Waals surface area contributed by atoms with Crippen molar-refractivity contribution < 1.29 is 4.42 Å². The highest BCUT2D eigenvalue weighted by Crippen LogP contribution is 2.22. The summed E-state index contributed by atoms with van der Waals surface area (Å²) in [5.74, 6) is 1.24. The molecule has 0 aliphatic carbocycles. The normalized spacial score (nSPS) is 14.7. The van der Waals surface area contributed by atoms with E-state index in [1.54, 1.807) is 6.26 Å². The molecule has 4 rings (SSSR count). The van der Waals surface area contributed by atoms with Crippen molar-refractivity contribution in [3.8, 4) is 0 Å². The molecule has 0 atom stereocenters. The molecule has 27 heavy (non-hydrogen) atoms. The van der Waals surface area contributed by atoms with Crippen LogP contribution in [0.4, 0.5) is 0 Å². The van der Waals surface area contributed by atoms with Crippen LogP contribution in [0.2, 0.25) is 0 Å². The van der Waals surface area contributed by atoms with E-state index in [2.05, 4.69) is 23.7 Å². The van der Waals surface area contributed by atoms with Gasteiger partial charge in [0.2, 0.25) is 0 Å². The van der Waals surface area contributed by atoms with Crippen molar-refractivity contribution in [2.75, 3.05) is 6.54 Å². The maximum Gasteiger partial charge on any atom is 0.197 e. The van der Waals surface area contributed by atoms with Crippen molar-refractivity contribution in [2.24, 2.45) is 0 Å². The largest absolute Gasteiger partial charge is 0.464 e. The topological polar surface area (TPSA) is 59.2 Å². The van der Waals surface area contributed by atoms with Gasteiger partial charge in [0.1, 0.15) is 11.4 Å². The molecule has 3 heterocycles. The highest BCUT2D eigenvalue weighted by Gasteiger charge is 2.21. The molecule has 5 heteroatoms. The molecular formula is C22H25N3O2. The first-order valence-electron chi connectivity index (χ1n) is 9.51. The number of fused-ring (bicyclic) bond motifs is 2. The summed E-state index contributed by atoms with van der Waals surface area (Å²) in [6.45, 7) is 10.4. The molecule has 0 unspecified atom stereocenters. The average molecular weight is 363 g/mol. The lowest BCUT2D eigenvalue weighted by atomic mass is 10.0. The summed E-state index contributed by atoms with van der Waals surface area (Å²) in [4.78, 5) is 24.5. The van der Waals surface area contributed by atoms with E-state index in [4.69, 9.17) is 9.40 Å². The van der Waals surface area contributed by atoms with E-state index in [0.29, 0.717) is 29.0 Å². The minimum Gasteiger partial charge on any atom is -0.464 e. The van der Waals surface area contributed by atoms with E-state index < -0.39 is 0 Å².